The van der Waals surface area contributed by atoms with E-state index in [1.165, 1.54) is 5.69 Å². The second-order valence-electron chi connectivity index (χ2n) is 7.03. The van der Waals surface area contributed by atoms with Crippen molar-refractivity contribution in [2.45, 2.75) is 6.42 Å². The molecular weight excluding hydrogens is 470 g/mol. The number of aromatic nitrogens is 1. The van der Waals surface area contributed by atoms with Crippen LogP contribution in [0.4, 0.5) is 5.69 Å². The molecule has 3 aromatic rings. The molecule has 0 bridgehead atoms. The van der Waals surface area contributed by atoms with Crippen LogP contribution in [0.1, 0.15) is 16.9 Å². The fourth-order valence-electron chi connectivity index (χ4n) is 3.83. The van der Waals surface area contributed by atoms with E-state index in [1.54, 1.807) is 0 Å². The zero-order valence-electron chi connectivity index (χ0n) is 15.1. The highest BCUT2D eigenvalue weighted by Crippen LogP contribution is 2.30. The lowest BCUT2D eigenvalue weighted by Gasteiger charge is -2.19. The smallest absolute Gasteiger partial charge is 0.269 e. The van der Waals surface area contributed by atoms with Crippen molar-refractivity contribution in [2.75, 3.05) is 24.5 Å². The summed E-state index contributed by atoms with van der Waals surface area (Å²) >= 11 is 7.15. The maximum Gasteiger partial charge on any atom is 0.269 e. The lowest BCUT2D eigenvalue weighted by Crippen LogP contribution is -2.32. The maximum absolute atomic E-state index is 12.8. The predicted octanol–water partition coefficient (Wildman–Crippen LogP) is 4.96. The largest absolute Gasteiger partial charge is 0.371 e. The Hall–Kier alpha value is -1.79. The number of fused-ring (bicyclic) bond motifs is 1. The van der Waals surface area contributed by atoms with Gasteiger partial charge in [-0.05, 0) is 52.5 Å². The molecule has 27 heavy (non-hydrogen) atoms. The molecule has 1 aliphatic rings. The van der Waals surface area contributed by atoms with Gasteiger partial charge in [-0.1, -0.05) is 40.2 Å². The summed E-state index contributed by atoms with van der Waals surface area (Å²) in [7, 11) is 1.94. The molecule has 4 rings (SSSR count). The lowest BCUT2D eigenvalue weighted by molar-refractivity contribution is 0.0939. The van der Waals surface area contributed by atoms with Crippen molar-refractivity contribution in [2.24, 2.45) is 13.0 Å². The van der Waals surface area contributed by atoms with E-state index in [0.717, 1.165) is 39.4 Å². The van der Waals surface area contributed by atoms with E-state index in [2.05, 4.69) is 60.3 Å². The number of aryl methyl sites for hydroxylation is 1. The molecule has 1 amide bonds. The third-order valence-electron chi connectivity index (χ3n) is 5.27. The number of benzene rings is 2. The van der Waals surface area contributed by atoms with Crippen LogP contribution in [0.15, 0.2) is 57.5 Å². The van der Waals surface area contributed by atoms with Gasteiger partial charge in [0.15, 0.2) is 0 Å². The molecule has 6 heteroatoms. The van der Waals surface area contributed by atoms with Gasteiger partial charge in [0.1, 0.15) is 5.69 Å². The first-order chi connectivity index (χ1) is 13.0. The second-order valence-corrected chi connectivity index (χ2v) is 8.74. The number of carbonyl (C=O) groups excluding carboxylic acids is 1. The molecule has 1 fully saturated rings. The number of nitrogens with zero attached hydrogens (tertiary/aromatic N) is 2. The van der Waals surface area contributed by atoms with Gasteiger partial charge in [-0.2, -0.15) is 0 Å². The zero-order valence-corrected chi connectivity index (χ0v) is 18.3. The molecule has 0 saturated carbocycles. The second kappa shape index (κ2) is 7.68. The molecule has 1 unspecified atom stereocenters. The summed E-state index contributed by atoms with van der Waals surface area (Å²) in [6.45, 7) is 2.68. The third kappa shape index (κ3) is 3.65. The monoisotopic (exact) mass is 489 g/mol. The average Bonchev–Trinajstić information content (AvgIpc) is 3.24. The van der Waals surface area contributed by atoms with Crippen LogP contribution in [-0.4, -0.2) is 30.1 Å². The molecule has 140 valence electrons. The number of hydrogen-bond donors (Lipinski definition) is 1. The first-order valence-corrected chi connectivity index (χ1v) is 10.6. The Balaban J connectivity index is 1.42. The standard InChI is InChI=1S/C21H21Br2N3O/c1-25-18-8-3-2-7-17(18)19(23)20(25)21(27)24-12-14-9-10-26(13-14)16-6-4-5-15(22)11-16/h2-8,11,14H,9-10,12-13H2,1H3,(H,24,27). The molecule has 0 spiro atoms. The van der Waals surface area contributed by atoms with Crippen molar-refractivity contribution in [3.8, 4) is 0 Å². The molecule has 1 aromatic heterocycles. The fraction of sp³-hybridized carbons (Fsp3) is 0.286. The van der Waals surface area contributed by atoms with Crippen LogP contribution in [0.25, 0.3) is 10.9 Å². The molecule has 1 N–H and O–H groups in total. The topological polar surface area (TPSA) is 37.3 Å². The summed E-state index contributed by atoms with van der Waals surface area (Å²) in [6, 6.07) is 16.4. The number of hydrogen-bond acceptors (Lipinski definition) is 2. The van der Waals surface area contributed by atoms with E-state index >= 15 is 0 Å². The highest BCUT2D eigenvalue weighted by molar-refractivity contribution is 9.11. The van der Waals surface area contributed by atoms with E-state index in [0.29, 0.717) is 18.2 Å². The number of rotatable bonds is 4. The van der Waals surface area contributed by atoms with Crippen molar-refractivity contribution in [1.29, 1.82) is 0 Å². The summed E-state index contributed by atoms with van der Waals surface area (Å²) in [5.74, 6) is 0.433. The van der Waals surface area contributed by atoms with Gasteiger partial charge in [0.2, 0.25) is 0 Å². The predicted molar refractivity (Wildman–Crippen MR) is 117 cm³/mol. The van der Waals surface area contributed by atoms with Crippen LogP contribution in [0.2, 0.25) is 0 Å². The van der Waals surface area contributed by atoms with Gasteiger partial charge in [0, 0.05) is 47.7 Å². The van der Waals surface area contributed by atoms with Crippen LogP contribution < -0.4 is 10.2 Å². The van der Waals surface area contributed by atoms with Crippen molar-refractivity contribution in [3.63, 3.8) is 0 Å². The molecular formula is C21H21Br2N3O. The molecule has 0 aliphatic carbocycles. The van der Waals surface area contributed by atoms with Gasteiger partial charge in [-0.15, -0.1) is 0 Å². The van der Waals surface area contributed by atoms with Crippen molar-refractivity contribution in [1.82, 2.24) is 9.88 Å². The van der Waals surface area contributed by atoms with Gasteiger partial charge in [-0.25, -0.2) is 0 Å². The quantitative estimate of drug-likeness (QED) is 0.561. The zero-order chi connectivity index (χ0) is 19.0. The van der Waals surface area contributed by atoms with Crippen LogP contribution in [0, 0.1) is 5.92 Å². The number of carbonyl (C=O) groups is 1. The van der Waals surface area contributed by atoms with Crippen LogP contribution >= 0.6 is 31.9 Å². The van der Waals surface area contributed by atoms with Crippen LogP contribution in [0.3, 0.4) is 0 Å². The van der Waals surface area contributed by atoms with Gasteiger partial charge in [-0.3, -0.25) is 4.79 Å². The fourth-order valence-corrected chi connectivity index (χ4v) is 4.99. The third-order valence-corrected chi connectivity index (χ3v) is 6.57. The van der Waals surface area contributed by atoms with E-state index in [1.807, 2.05) is 41.9 Å². The molecule has 1 saturated heterocycles. The minimum atomic E-state index is -0.0264. The van der Waals surface area contributed by atoms with Crippen molar-refractivity contribution >= 4 is 54.4 Å². The number of anilines is 1. The minimum absolute atomic E-state index is 0.0264. The van der Waals surface area contributed by atoms with E-state index in [4.69, 9.17) is 0 Å². The summed E-state index contributed by atoms with van der Waals surface area (Å²) < 4.78 is 3.91. The Labute approximate surface area is 175 Å². The normalized spacial score (nSPS) is 16.9. The van der Waals surface area contributed by atoms with Crippen LogP contribution in [-0.2, 0) is 7.05 Å². The average molecular weight is 491 g/mol. The molecule has 4 nitrogen and oxygen atoms in total. The molecule has 2 aromatic carbocycles. The number of nitrogens with one attached hydrogen (secondary N) is 1. The molecule has 1 atom stereocenters. The Morgan fingerprint density at radius 1 is 1.19 bits per heavy atom. The summed E-state index contributed by atoms with van der Waals surface area (Å²) in [4.78, 5) is 15.2. The first kappa shape index (κ1) is 18.6. The SMILES string of the molecule is Cn1c(C(=O)NCC2CCN(c3cccc(Br)c3)C2)c(Br)c2ccccc21. The van der Waals surface area contributed by atoms with Crippen molar-refractivity contribution < 1.29 is 4.79 Å². The van der Waals surface area contributed by atoms with Gasteiger partial charge < -0.3 is 14.8 Å². The van der Waals surface area contributed by atoms with E-state index in [-0.39, 0.29) is 5.91 Å². The number of amides is 1. The Morgan fingerprint density at radius 2 is 2.00 bits per heavy atom. The van der Waals surface area contributed by atoms with E-state index < -0.39 is 0 Å². The lowest BCUT2D eigenvalue weighted by atomic mass is 10.1. The molecule has 0 radical (unpaired) electrons. The summed E-state index contributed by atoms with van der Waals surface area (Å²) in [5, 5.41) is 4.20. The molecule has 1 aliphatic heterocycles. The maximum atomic E-state index is 12.8. The number of para-hydroxylation sites is 1. The van der Waals surface area contributed by atoms with Gasteiger partial charge >= 0.3 is 0 Å². The number of halogens is 2. The summed E-state index contributed by atoms with van der Waals surface area (Å²) in [5.41, 5.74) is 2.96. The Bertz CT molecular complexity index is 959. The van der Waals surface area contributed by atoms with Gasteiger partial charge in [0.25, 0.3) is 5.91 Å². The van der Waals surface area contributed by atoms with Crippen LogP contribution in [0.5, 0.6) is 0 Å². The Morgan fingerprint density at radius 3 is 2.78 bits per heavy atom. The van der Waals surface area contributed by atoms with Crippen molar-refractivity contribution in [3.05, 3.63) is 63.2 Å². The molecule has 2 heterocycles. The highest BCUT2D eigenvalue weighted by atomic mass is 79.9. The minimum Gasteiger partial charge on any atom is -0.371 e. The highest BCUT2D eigenvalue weighted by Gasteiger charge is 2.25. The summed E-state index contributed by atoms with van der Waals surface area (Å²) in [6.07, 6.45) is 1.09. The van der Waals surface area contributed by atoms with E-state index in [9.17, 15) is 4.79 Å². The Kier molecular flexibility index (Phi) is 5.28. The van der Waals surface area contributed by atoms with Gasteiger partial charge in [0.05, 0.1) is 4.47 Å². The first-order valence-electron chi connectivity index (χ1n) is 9.06.